The summed E-state index contributed by atoms with van der Waals surface area (Å²) in [5, 5.41) is 15.3. The van der Waals surface area contributed by atoms with Crippen LogP contribution in [0.3, 0.4) is 0 Å². The number of nitrogens with one attached hydrogen (secondary N) is 2. The van der Waals surface area contributed by atoms with Gasteiger partial charge in [-0.2, -0.15) is 18.2 Å². The number of aliphatic hydroxyl groups is 1. The van der Waals surface area contributed by atoms with E-state index in [0.717, 1.165) is 32.1 Å². The molecule has 2 amide bonds. The van der Waals surface area contributed by atoms with Crippen LogP contribution in [0, 0.1) is 18.2 Å². The van der Waals surface area contributed by atoms with Crippen molar-refractivity contribution in [3.05, 3.63) is 64.0 Å². The zero-order chi connectivity index (χ0) is 46.2. The molecule has 21 heteroatoms. The molecule has 1 unspecified atom stereocenters. The maximum atomic E-state index is 15.9. The first kappa shape index (κ1) is 45.1. The number of carbonyl (C=O) groups is 2. The monoisotopic (exact) mass is 927 g/mol. The highest BCUT2D eigenvalue weighted by molar-refractivity contribution is 7.92. The Hall–Kier alpha value is -5.12. The van der Waals surface area contributed by atoms with Crippen LogP contribution in [0.5, 0.6) is 0 Å². The molecule has 4 aliphatic heterocycles. The number of carbonyl (C=O) groups excluding carboxylic acids is 2. The lowest BCUT2D eigenvalue weighted by molar-refractivity contribution is -0.138. The summed E-state index contributed by atoms with van der Waals surface area (Å²) in [6, 6.07) is 7.00. The first-order valence-corrected chi connectivity index (χ1v) is 23.6. The van der Waals surface area contributed by atoms with Crippen LogP contribution in [0.2, 0.25) is 0 Å². The molecular formula is C44H53F4N9O7S. The maximum Gasteiger partial charge on any atom is 0.421 e. The van der Waals surface area contributed by atoms with E-state index in [1.54, 1.807) is 38.1 Å². The van der Waals surface area contributed by atoms with Gasteiger partial charge in [0.1, 0.15) is 22.9 Å². The number of imidazole rings is 1. The van der Waals surface area contributed by atoms with Crippen LogP contribution in [0.25, 0.3) is 11.0 Å². The second-order valence-electron chi connectivity index (χ2n) is 18.8. The van der Waals surface area contributed by atoms with Crippen molar-refractivity contribution in [2.45, 2.75) is 99.3 Å². The molecule has 5 aliphatic rings. The standard InChI is InChI=1S/C44H53F4N9O7S/c1-26-19-28(5-6-31(26)50-40-49-22-30(44(46,47)48)38(52-40)55-14-4-11-42(2,61)25-55)65(62,63)29-20-43(21-29)12-15-54(16-13-43)17-18-64-27-23-56(24-27)32-7-8-33-37(36(32)45)53(3)41(60)57(33)34-9-10-35(58)51-39(34)59/h5-8,19,22,27,29,34,61H,4,9-18,20-21,23-25H2,1-3H3,(H,49,50,52)(H,51,58,59)/t34?,42-/m0/s1. The number of likely N-dealkylation sites (tertiary alicyclic amines) is 1. The van der Waals surface area contributed by atoms with Crippen molar-refractivity contribution in [2.24, 2.45) is 12.5 Å². The van der Waals surface area contributed by atoms with Crippen molar-refractivity contribution < 1.29 is 45.4 Å². The molecular weight excluding hydrogens is 875 g/mol. The number of anilines is 4. The van der Waals surface area contributed by atoms with Gasteiger partial charge in [-0.05, 0) is 113 Å². The number of hydrogen-bond acceptors (Lipinski definition) is 13. The first-order valence-electron chi connectivity index (χ1n) is 22.1. The molecule has 16 nitrogen and oxygen atoms in total. The van der Waals surface area contributed by atoms with Gasteiger partial charge in [0.25, 0.3) is 0 Å². The van der Waals surface area contributed by atoms with E-state index in [0.29, 0.717) is 75.4 Å². The van der Waals surface area contributed by atoms with E-state index in [2.05, 4.69) is 25.5 Å². The van der Waals surface area contributed by atoms with E-state index in [1.165, 1.54) is 27.1 Å². The van der Waals surface area contributed by atoms with Gasteiger partial charge in [0.2, 0.25) is 17.8 Å². The fourth-order valence-corrected chi connectivity index (χ4v) is 12.4. The quantitative estimate of drug-likeness (QED) is 0.140. The number of amides is 2. The average molecular weight is 928 g/mol. The van der Waals surface area contributed by atoms with Gasteiger partial charge >= 0.3 is 11.9 Å². The molecule has 0 radical (unpaired) electrons. The molecule has 3 N–H and O–H groups in total. The number of alkyl halides is 3. The molecule has 0 bridgehead atoms. The van der Waals surface area contributed by atoms with Gasteiger partial charge in [-0.1, -0.05) is 0 Å². The molecule has 1 spiro atoms. The van der Waals surface area contributed by atoms with Crippen molar-refractivity contribution in [1.29, 1.82) is 0 Å². The van der Waals surface area contributed by atoms with E-state index in [1.807, 2.05) is 4.90 Å². The van der Waals surface area contributed by atoms with Crippen LogP contribution >= 0.6 is 0 Å². The number of halogens is 4. The third-order valence-electron chi connectivity index (χ3n) is 14.1. The largest absolute Gasteiger partial charge is 0.421 e. The Labute approximate surface area is 372 Å². The third kappa shape index (κ3) is 8.59. The number of β-amino-alcohol motifs (C(OH)–C–C–N with tert-alkyl or cyclic N) is 1. The molecule has 2 aromatic heterocycles. The third-order valence-corrected chi connectivity index (χ3v) is 16.3. The molecule has 1 saturated carbocycles. The fourth-order valence-electron chi connectivity index (χ4n) is 10.3. The Morgan fingerprint density at radius 2 is 1.77 bits per heavy atom. The normalized spacial score (nSPS) is 23.5. The summed E-state index contributed by atoms with van der Waals surface area (Å²) >= 11 is 0. The van der Waals surface area contributed by atoms with Crippen LogP contribution in [-0.4, -0.2) is 119 Å². The Bertz CT molecular complexity index is 2700. The number of hydrogen-bond donors (Lipinski definition) is 3. The van der Waals surface area contributed by atoms with Crippen molar-refractivity contribution in [2.75, 3.05) is 67.5 Å². The number of ether oxygens (including phenoxy) is 1. The summed E-state index contributed by atoms with van der Waals surface area (Å²) in [4.78, 5) is 51.3. The van der Waals surface area contributed by atoms with Gasteiger partial charge in [0.15, 0.2) is 15.7 Å². The van der Waals surface area contributed by atoms with E-state index in [9.17, 15) is 41.1 Å². The summed E-state index contributed by atoms with van der Waals surface area (Å²) in [6.07, 6.45) is 0.0230. The summed E-state index contributed by atoms with van der Waals surface area (Å²) in [5.74, 6) is -1.94. The van der Waals surface area contributed by atoms with Crippen LogP contribution in [-0.2, 0) is 37.4 Å². The van der Waals surface area contributed by atoms with Gasteiger partial charge in [-0.15, -0.1) is 0 Å². The molecule has 1 aliphatic carbocycles. The van der Waals surface area contributed by atoms with Gasteiger partial charge in [0, 0.05) is 58.1 Å². The Morgan fingerprint density at radius 3 is 2.45 bits per heavy atom. The molecule has 6 heterocycles. The topological polar surface area (TPSA) is 184 Å². The SMILES string of the molecule is Cc1cc(S(=O)(=O)C2CC3(CCN(CCOC4CN(c5ccc6c(c5F)n(C)c(=O)n6C5CCC(=O)NC5=O)C4)CC3)C2)ccc1Nc1ncc(C(F)(F)F)c(N2CCC[C@](C)(O)C2)n1. The lowest BCUT2D eigenvalue weighted by Gasteiger charge is -2.51. The van der Waals surface area contributed by atoms with Gasteiger partial charge in [-0.25, -0.2) is 22.6 Å². The fraction of sp³-hybridized carbons (Fsp3) is 0.568. The lowest BCUT2D eigenvalue weighted by atomic mass is 9.63. The minimum absolute atomic E-state index is 0.0118. The smallest absolute Gasteiger partial charge is 0.388 e. The van der Waals surface area contributed by atoms with Crippen molar-refractivity contribution in [3.8, 4) is 0 Å². The molecule has 65 heavy (non-hydrogen) atoms. The molecule has 350 valence electrons. The number of piperidine rings is 3. The number of rotatable bonds is 11. The number of fused-ring (bicyclic) bond motifs is 1. The summed E-state index contributed by atoms with van der Waals surface area (Å²) in [7, 11) is -2.18. The zero-order valence-electron chi connectivity index (χ0n) is 36.5. The number of aromatic nitrogens is 4. The average Bonchev–Trinajstić information content (AvgIpc) is 3.47. The summed E-state index contributed by atoms with van der Waals surface area (Å²) in [6.45, 7) is 7.37. The van der Waals surface area contributed by atoms with E-state index in [-0.39, 0.29) is 58.6 Å². The van der Waals surface area contributed by atoms with E-state index < -0.39 is 61.8 Å². The number of sulfone groups is 1. The second-order valence-corrected chi connectivity index (χ2v) is 21.0. The van der Waals surface area contributed by atoms with Crippen molar-refractivity contribution in [3.63, 3.8) is 0 Å². The van der Waals surface area contributed by atoms with Crippen LogP contribution < -0.4 is 26.1 Å². The molecule has 5 fully saturated rings. The summed E-state index contributed by atoms with van der Waals surface area (Å²) in [5.41, 5.74) is -0.996. The number of aryl methyl sites for hydroxylation is 2. The van der Waals surface area contributed by atoms with Crippen LogP contribution in [0.4, 0.5) is 40.7 Å². The first-order chi connectivity index (χ1) is 30.7. The molecule has 4 saturated heterocycles. The number of imide groups is 1. The van der Waals surface area contributed by atoms with Gasteiger partial charge < -0.3 is 29.9 Å². The van der Waals surface area contributed by atoms with Crippen molar-refractivity contribution in [1.82, 2.24) is 29.3 Å². The highest BCUT2D eigenvalue weighted by atomic mass is 32.2. The minimum atomic E-state index is -4.70. The minimum Gasteiger partial charge on any atom is -0.388 e. The zero-order valence-corrected chi connectivity index (χ0v) is 37.3. The van der Waals surface area contributed by atoms with E-state index in [4.69, 9.17) is 4.74 Å². The molecule has 2 aromatic carbocycles. The van der Waals surface area contributed by atoms with Gasteiger partial charge in [0.05, 0.1) is 39.7 Å². The van der Waals surface area contributed by atoms with E-state index >= 15 is 4.39 Å². The number of benzene rings is 2. The Balaban J connectivity index is 0.740. The second kappa shape index (κ2) is 16.6. The van der Waals surface area contributed by atoms with Crippen molar-refractivity contribution >= 4 is 55.8 Å². The van der Waals surface area contributed by atoms with Crippen LogP contribution in [0.1, 0.15) is 75.5 Å². The Kier molecular flexibility index (Phi) is 11.5. The summed E-state index contributed by atoms with van der Waals surface area (Å²) < 4.78 is 94.0. The van der Waals surface area contributed by atoms with Gasteiger partial charge in [-0.3, -0.25) is 24.0 Å². The number of nitrogens with zero attached hydrogens (tertiary/aromatic N) is 7. The highest BCUT2D eigenvalue weighted by Gasteiger charge is 2.51. The van der Waals surface area contributed by atoms with Crippen LogP contribution in [0.15, 0.2) is 46.2 Å². The molecule has 9 rings (SSSR count). The highest BCUT2D eigenvalue weighted by Crippen LogP contribution is 2.53. The lowest BCUT2D eigenvalue weighted by Crippen LogP contribution is -2.54. The molecule has 4 aromatic rings. The maximum absolute atomic E-state index is 15.9. The Morgan fingerprint density at radius 1 is 1.03 bits per heavy atom. The predicted molar refractivity (Wildman–Crippen MR) is 232 cm³/mol. The predicted octanol–water partition coefficient (Wildman–Crippen LogP) is 4.59. The molecule has 2 atom stereocenters.